The summed E-state index contributed by atoms with van der Waals surface area (Å²) in [6.07, 6.45) is 5.96. The van der Waals surface area contributed by atoms with Crippen LogP contribution in [-0.2, 0) is 0 Å². The number of hydrogen-bond acceptors (Lipinski definition) is 1. The molecule has 0 amide bonds. The normalized spacial score (nSPS) is 44.5. The van der Waals surface area contributed by atoms with Crippen LogP contribution in [-0.4, -0.2) is 13.1 Å². The number of hydrogen-bond donors (Lipinski definition) is 1. The quantitative estimate of drug-likeness (QED) is 0.678. The van der Waals surface area contributed by atoms with Crippen molar-refractivity contribution in [2.75, 3.05) is 13.1 Å². The molecule has 0 saturated heterocycles. The van der Waals surface area contributed by atoms with Crippen molar-refractivity contribution in [2.24, 2.45) is 17.3 Å². The summed E-state index contributed by atoms with van der Waals surface area (Å²) in [6, 6.07) is 0. The molecule has 2 aliphatic carbocycles. The van der Waals surface area contributed by atoms with Crippen molar-refractivity contribution < 1.29 is 0 Å². The lowest BCUT2D eigenvalue weighted by molar-refractivity contribution is 0.242. The molecule has 1 N–H and O–H groups in total. The third kappa shape index (κ3) is 1.39. The molecule has 2 atom stereocenters. The Labute approximate surface area is 75.9 Å². The summed E-state index contributed by atoms with van der Waals surface area (Å²) >= 11 is 0. The van der Waals surface area contributed by atoms with Crippen molar-refractivity contribution in [1.82, 2.24) is 5.32 Å². The van der Waals surface area contributed by atoms with E-state index >= 15 is 0 Å². The van der Waals surface area contributed by atoms with Crippen LogP contribution >= 0.6 is 0 Å². The Morgan fingerprint density at radius 2 is 1.92 bits per heavy atom. The van der Waals surface area contributed by atoms with Gasteiger partial charge in [0.05, 0.1) is 0 Å². The van der Waals surface area contributed by atoms with Gasteiger partial charge in [0.1, 0.15) is 0 Å². The van der Waals surface area contributed by atoms with Crippen LogP contribution in [0.3, 0.4) is 0 Å². The molecule has 70 valence electrons. The van der Waals surface area contributed by atoms with Crippen LogP contribution in [0.15, 0.2) is 0 Å². The Balaban J connectivity index is 1.87. The number of rotatable bonds is 4. The Bertz CT molecular complexity index is 154. The predicted molar refractivity (Wildman–Crippen MR) is 52.1 cm³/mol. The fourth-order valence-electron chi connectivity index (χ4n) is 2.95. The van der Waals surface area contributed by atoms with E-state index in [9.17, 15) is 0 Å². The molecule has 0 bridgehead atoms. The first-order valence-corrected chi connectivity index (χ1v) is 5.50. The van der Waals surface area contributed by atoms with Crippen LogP contribution in [0.1, 0.15) is 39.5 Å². The Morgan fingerprint density at radius 3 is 2.42 bits per heavy atom. The maximum absolute atomic E-state index is 3.52. The average molecular weight is 167 g/mol. The first-order valence-electron chi connectivity index (χ1n) is 5.50. The highest BCUT2D eigenvalue weighted by atomic mass is 14.9. The summed E-state index contributed by atoms with van der Waals surface area (Å²) in [5.41, 5.74) is 0.698. The van der Waals surface area contributed by atoms with E-state index in [1.165, 1.54) is 25.8 Å². The molecule has 0 aromatic heterocycles. The van der Waals surface area contributed by atoms with Gasteiger partial charge in [-0.25, -0.2) is 0 Å². The van der Waals surface area contributed by atoms with Gasteiger partial charge >= 0.3 is 0 Å². The molecule has 0 heterocycles. The minimum Gasteiger partial charge on any atom is -0.316 e. The molecule has 0 aliphatic heterocycles. The summed E-state index contributed by atoms with van der Waals surface area (Å²) in [4.78, 5) is 0. The van der Waals surface area contributed by atoms with E-state index in [2.05, 4.69) is 19.2 Å². The summed E-state index contributed by atoms with van der Waals surface area (Å²) in [7, 11) is 0. The summed E-state index contributed by atoms with van der Waals surface area (Å²) in [5, 5.41) is 3.52. The Hall–Kier alpha value is -0.0400. The lowest BCUT2D eigenvalue weighted by Crippen LogP contribution is -2.32. The van der Waals surface area contributed by atoms with Crippen molar-refractivity contribution in [3.8, 4) is 0 Å². The fraction of sp³-hybridized carbons (Fsp3) is 1.00. The number of nitrogens with one attached hydrogen (secondary N) is 1. The van der Waals surface area contributed by atoms with Crippen LogP contribution in [0.2, 0.25) is 0 Å². The Kier molecular flexibility index (Phi) is 2.16. The highest BCUT2D eigenvalue weighted by Gasteiger charge is 2.52. The van der Waals surface area contributed by atoms with Crippen LogP contribution in [0, 0.1) is 17.3 Å². The maximum Gasteiger partial charge on any atom is 0.000780 e. The zero-order valence-corrected chi connectivity index (χ0v) is 8.40. The van der Waals surface area contributed by atoms with E-state index in [-0.39, 0.29) is 0 Å². The van der Waals surface area contributed by atoms with Crippen LogP contribution in [0.4, 0.5) is 0 Å². The second-order valence-electron chi connectivity index (χ2n) is 4.80. The lowest BCUT2D eigenvalue weighted by Gasteiger charge is -2.29. The van der Waals surface area contributed by atoms with Crippen LogP contribution < -0.4 is 5.32 Å². The zero-order chi connectivity index (χ0) is 8.60. The molecule has 2 unspecified atom stereocenters. The molecular weight excluding hydrogens is 146 g/mol. The van der Waals surface area contributed by atoms with Gasteiger partial charge in [0.2, 0.25) is 0 Å². The largest absolute Gasteiger partial charge is 0.316 e. The smallest absolute Gasteiger partial charge is 0.000780 e. The molecular formula is C11H21N. The Morgan fingerprint density at radius 1 is 1.25 bits per heavy atom. The molecule has 0 aromatic rings. The molecule has 0 spiro atoms. The average Bonchev–Trinajstić information content (AvgIpc) is 2.72. The van der Waals surface area contributed by atoms with Gasteiger partial charge in [0, 0.05) is 6.54 Å². The van der Waals surface area contributed by atoms with Crippen molar-refractivity contribution in [2.45, 2.75) is 39.5 Å². The van der Waals surface area contributed by atoms with E-state index in [4.69, 9.17) is 0 Å². The molecule has 1 heteroatoms. The summed E-state index contributed by atoms with van der Waals surface area (Å²) in [5.74, 6) is 2.26. The minimum atomic E-state index is 0.698. The zero-order valence-electron chi connectivity index (χ0n) is 8.40. The topological polar surface area (TPSA) is 12.0 Å². The molecule has 2 fully saturated rings. The van der Waals surface area contributed by atoms with Gasteiger partial charge in [-0.05, 0) is 49.5 Å². The third-order valence-electron chi connectivity index (χ3n) is 3.96. The molecule has 2 aliphatic rings. The molecule has 12 heavy (non-hydrogen) atoms. The highest BCUT2D eigenvalue weighted by Crippen LogP contribution is 2.60. The second kappa shape index (κ2) is 3.02. The fourth-order valence-corrected chi connectivity index (χ4v) is 2.95. The standard InChI is InChI=1S/C11H21N/c1-3-11(8-12-4-2)6-9-5-10(9)7-11/h9-10,12H,3-8H2,1-2H3. The van der Waals surface area contributed by atoms with Gasteiger partial charge in [-0.3, -0.25) is 0 Å². The number of fused-ring (bicyclic) bond motifs is 1. The van der Waals surface area contributed by atoms with E-state index in [1.54, 1.807) is 6.42 Å². The van der Waals surface area contributed by atoms with Crippen molar-refractivity contribution in [1.29, 1.82) is 0 Å². The van der Waals surface area contributed by atoms with Gasteiger partial charge < -0.3 is 5.32 Å². The lowest BCUT2D eigenvalue weighted by atomic mass is 9.80. The minimum absolute atomic E-state index is 0.698. The SMILES string of the molecule is CCNCC1(CC)CC2CC2C1. The predicted octanol–water partition coefficient (Wildman–Crippen LogP) is 2.42. The molecule has 2 saturated carbocycles. The third-order valence-corrected chi connectivity index (χ3v) is 3.96. The molecule has 0 aromatic carbocycles. The van der Waals surface area contributed by atoms with Crippen molar-refractivity contribution in [3.05, 3.63) is 0 Å². The highest BCUT2D eigenvalue weighted by molar-refractivity contribution is 5.03. The van der Waals surface area contributed by atoms with E-state index in [1.807, 2.05) is 0 Å². The van der Waals surface area contributed by atoms with E-state index in [0.717, 1.165) is 18.4 Å². The van der Waals surface area contributed by atoms with Gasteiger partial charge in [-0.2, -0.15) is 0 Å². The second-order valence-corrected chi connectivity index (χ2v) is 4.80. The van der Waals surface area contributed by atoms with Crippen molar-refractivity contribution in [3.63, 3.8) is 0 Å². The van der Waals surface area contributed by atoms with Gasteiger partial charge in [-0.1, -0.05) is 13.8 Å². The summed E-state index contributed by atoms with van der Waals surface area (Å²) in [6.45, 7) is 6.98. The first kappa shape index (κ1) is 8.55. The van der Waals surface area contributed by atoms with Gasteiger partial charge in [0.15, 0.2) is 0 Å². The monoisotopic (exact) mass is 167 g/mol. The summed E-state index contributed by atoms with van der Waals surface area (Å²) < 4.78 is 0. The van der Waals surface area contributed by atoms with Crippen molar-refractivity contribution >= 4 is 0 Å². The molecule has 1 nitrogen and oxygen atoms in total. The van der Waals surface area contributed by atoms with Gasteiger partial charge in [0.25, 0.3) is 0 Å². The maximum atomic E-state index is 3.52. The van der Waals surface area contributed by atoms with E-state index in [0.29, 0.717) is 5.41 Å². The van der Waals surface area contributed by atoms with Crippen LogP contribution in [0.25, 0.3) is 0 Å². The van der Waals surface area contributed by atoms with E-state index < -0.39 is 0 Å². The van der Waals surface area contributed by atoms with Gasteiger partial charge in [-0.15, -0.1) is 0 Å². The molecule has 2 rings (SSSR count). The van der Waals surface area contributed by atoms with Crippen LogP contribution in [0.5, 0.6) is 0 Å². The first-order chi connectivity index (χ1) is 5.79. The molecule has 0 radical (unpaired) electrons.